The van der Waals surface area contributed by atoms with Crippen LogP contribution in [0.2, 0.25) is 5.02 Å². The zero-order valence-electron chi connectivity index (χ0n) is 15.6. The molecule has 1 aromatic carbocycles. The van der Waals surface area contributed by atoms with E-state index in [4.69, 9.17) is 21.4 Å². The van der Waals surface area contributed by atoms with Crippen molar-refractivity contribution in [1.29, 1.82) is 0 Å². The van der Waals surface area contributed by atoms with Gasteiger partial charge in [0.25, 0.3) is 5.91 Å². The van der Waals surface area contributed by atoms with Crippen LogP contribution in [0.3, 0.4) is 0 Å². The van der Waals surface area contributed by atoms with E-state index < -0.39 is 5.97 Å². The van der Waals surface area contributed by atoms with E-state index in [0.29, 0.717) is 22.9 Å². The van der Waals surface area contributed by atoms with Gasteiger partial charge >= 0.3 is 5.97 Å². The number of carbonyl (C=O) groups is 2. The summed E-state index contributed by atoms with van der Waals surface area (Å²) in [6.45, 7) is 2.67. The third-order valence-electron chi connectivity index (χ3n) is 5.49. The van der Waals surface area contributed by atoms with Crippen LogP contribution < -0.4 is 10.1 Å². The number of nitrogens with zero attached hydrogens (tertiary/aromatic N) is 1. The number of halogens is 1. The van der Waals surface area contributed by atoms with Crippen LogP contribution in [0.15, 0.2) is 18.2 Å². The van der Waals surface area contributed by atoms with Gasteiger partial charge in [-0.05, 0) is 63.3 Å². The Morgan fingerprint density at radius 1 is 1.30 bits per heavy atom. The van der Waals surface area contributed by atoms with Gasteiger partial charge in [0, 0.05) is 17.1 Å². The molecule has 0 atom stereocenters. The Labute approximate surface area is 164 Å². The molecule has 148 valence electrons. The van der Waals surface area contributed by atoms with E-state index >= 15 is 0 Å². The summed E-state index contributed by atoms with van der Waals surface area (Å²) in [6, 6.07) is 5.41. The normalized spacial score (nSPS) is 22.5. The molecule has 0 spiro atoms. The summed E-state index contributed by atoms with van der Waals surface area (Å²) in [7, 11) is 0. The molecule has 0 unspecified atom stereocenters. The lowest BCUT2D eigenvalue weighted by Gasteiger charge is -2.42. The van der Waals surface area contributed by atoms with Crippen molar-refractivity contribution in [3.05, 3.63) is 28.8 Å². The molecule has 2 fully saturated rings. The number of rotatable bonds is 8. The van der Waals surface area contributed by atoms with Crippen molar-refractivity contribution >= 4 is 23.5 Å². The smallest absolute Gasteiger partial charge is 0.317 e. The number of hydrogen-bond donors (Lipinski definition) is 2. The number of likely N-dealkylation sites (N-methyl/N-ethyl adjacent to an activating group) is 1. The highest BCUT2D eigenvalue weighted by Crippen LogP contribution is 2.30. The first kappa shape index (κ1) is 20.0. The standard InChI is InChI=1S/C20H27ClN2O4/c1-2-23(12-19(24)25)15-10-14(11-15)22-20(26)17-9-13(21)7-8-18(17)27-16-5-3-4-6-16/h7-9,14-16H,2-6,10-12H2,1H3,(H,22,26)(H,24,25). The van der Waals surface area contributed by atoms with Gasteiger partial charge in [-0.3, -0.25) is 14.5 Å². The van der Waals surface area contributed by atoms with Crippen molar-refractivity contribution in [2.75, 3.05) is 13.1 Å². The maximum atomic E-state index is 12.8. The van der Waals surface area contributed by atoms with Gasteiger partial charge < -0.3 is 15.2 Å². The Kier molecular flexibility index (Phi) is 6.60. The number of carbonyl (C=O) groups excluding carboxylic acids is 1. The molecular formula is C20H27ClN2O4. The molecule has 0 bridgehead atoms. The van der Waals surface area contributed by atoms with Gasteiger partial charge in [0.2, 0.25) is 0 Å². The van der Waals surface area contributed by atoms with Crippen molar-refractivity contribution in [3.63, 3.8) is 0 Å². The SMILES string of the molecule is CCN(CC(=O)O)C1CC(NC(=O)c2cc(Cl)ccc2OC2CCCC2)C1. The predicted octanol–water partition coefficient (Wildman–Crippen LogP) is 3.33. The third-order valence-corrected chi connectivity index (χ3v) is 5.73. The van der Waals surface area contributed by atoms with Crippen LogP contribution in [0.1, 0.15) is 55.8 Å². The Morgan fingerprint density at radius 3 is 2.63 bits per heavy atom. The summed E-state index contributed by atoms with van der Waals surface area (Å²) in [5.41, 5.74) is 0.468. The quantitative estimate of drug-likeness (QED) is 0.707. The van der Waals surface area contributed by atoms with Gasteiger partial charge in [-0.2, -0.15) is 0 Å². The molecule has 3 rings (SSSR count). The fourth-order valence-corrected chi connectivity index (χ4v) is 4.08. The molecular weight excluding hydrogens is 368 g/mol. The van der Waals surface area contributed by atoms with Crippen LogP contribution in [0.5, 0.6) is 5.75 Å². The zero-order valence-corrected chi connectivity index (χ0v) is 16.4. The largest absolute Gasteiger partial charge is 0.490 e. The molecule has 1 amide bonds. The van der Waals surface area contributed by atoms with Crippen LogP contribution >= 0.6 is 11.6 Å². The molecule has 0 radical (unpaired) electrons. The number of hydrogen-bond acceptors (Lipinski definition) is 4. The molecule has 2 aliphatic carbocycles. The fourth-order valence-electron chi connectivity index (χ4n) is 3.91. The number of nitrogens with one attached hydrogen (secondary N) is 1. The molecule has 7 heteroatoms. The lowest BCUT2D eigenvalue weighted by Crippen LogP contribution is -2.54. The number of carboxylic acid groups (broad SMARTS) is 1. The second kappa shape index (κ2) is 8.93. The number of ether oxygens (including phenoxy) is 1. The van der Waals surface area contributed by atoms with Crippen LogP contribution in [0, 0.1) is 0 Å². The Bertz CT molecular complexity index is 685. The van der Waals surface area contributed by atoms with E-state index in [1.165, 1.54) is 0 Å². The first-order valence-electron chi connectivity index (χ1n) is 9.69. The van der Waals surface area contributed by atoms with Gasteiger partial charge in [-0.15, -0.1) is 0 Å². The highest BCUT2D eigenvalue weighted by atomic mass is 35.5. The van der Waals surface area contributed by atoms with E-state index in [0.717, 1.165) is 38.5 Å². The second-order valence-electron chi connectivity index (χ2n) is 7.42. The van der Waals surface area contributed by atoms with Crippen molar-refractivity contribution in [3.8, 4) is 5.75 Å². The summed E-state index contributed by atoms with van der Waals surface area (Å²) in [5.74, 6) is -0.423. The van der Waals surface area contributed by atoms with Crippen molar-refractivity contribution < 1.29 is 19.4 Å². The van der Waals surface area contributed by atoms with Gasteiger partial charge in [-0.25, -0.2) is 0 Å². The monoisotopic (exact) mass is 394 g/mol. The van der Waals surface area contributed by atoms with Crippen molar-refractivity contribution in [1.82, 2.24) is 10.2 Å². The average Bonchev–Trinajstić information content (AvgIpc) is 3.10. The Morgan fingerprint density at radius 2 is 2.00 bits per heavy atom. The van der Waals surface area contributed by atoms with E-state index in [2.05, 4.69) is 5.32 Å². The molecule has 6 nitrogen and oxygen atoms in total. The topological polar surface area (TPSA) is 78.9 Å². The van der Waals surface area contributed by atoms with E-state index in [9.17, 15) is 9.59 Å². The van der Waals surface area contributed by atoms with Crippen molar-refractivity contribution in [2.24, 2.45) is 0 Å². The van der Waals surface area contributed by atoms with Crippen LogP contribution in [-0.2, 0) is 4.79 Å². The molecule has 2 saturated carbocycles. The molecule has 27 heavy (non-hydrogen) atoms. The number of aliphatic carboxylic acids is 1. The van der Waals surface area contributed by atoms with Gasteiger partial charge in [0.15, 0.2) is 0 Å². The Hall–Kier alpha value is -1.79. The van der Waals surface area contributed by atoms with Crippen LogP contribution in [-0.4, -0.2) is 53.2 Å². The Balaban J connectivity index is 1.58. The molecule has 0 aromatic heterocycles. The first-order chi connectivity index (χ1) is 13.0. The van der Waals surface area contributed by atoms with Gasteiger partial charge in [0.1, 0.15) is 5.75 Å². The lowest BCUT2D eigenvalue weighted by molar-refractivity contribution is -0.139. The van der Waals surface area contributed by atoms with Crippen LogP contribution in [0.4, 0.5) is 0 Å². The number of amides is 1. The van der Waals surface area contributed by atoms with Gasteiger partial charge in [0.05, 0.1) is 18.2 Å². The lowest BCUT2D eigenvalue weighted by atomic mass is 9.85. The first-order valence-corrected chi connectivity index (χ1v) is 10.1. The number of carboxylic acids is 1. The minimum absolute atomic E-state index is 0.0372. The minimum Gasteiger partial charge on any atom is -0.490 e. The molecule has 1 aromatic rings. The van der Waals surface area contributed by atoms with Gasteiger partial charge in [-0.1, -0.05) is 18.5 Å². The molecule has 0 saturated heterocycles. The summed E-state index contributed by atoms with van der Waals surface area (Å²) in [6.07, 6.45) is 6.04. The summed E-state index contributed by atoms with van der Waals surface area (Å²) >= 11 is 6.10. The predicted molar refractivity (Wildman–Crippen MR) is 103 cm³/mol. The summed E-state index contributed by atoms with van der Waals surface area (Å²) in [4.78, 5) is 25.6. The average molecular weight is 395 g/mol. The molecule has 0 heterocycles. The highest BCUT2D eigenvalue weighted by Gasteiger charge is 2.35. The minimum atomic E-state index is -0.822. The molecule has 0 aliphatic heterocycles. The zero-order chi connectivity index (χ0) is 19.4. The van der Waals surface area contributed by atoms with Crippen molar-refractivity contribution in [2.45, 2.75) is 63.6 Å². The fraction of sp³-hybridized carbons (Fsp3) is 0.600. The highest BCUT2D eigenvalue weighted by molar-refractivity contribution is 6.31. The number of benzene rings is 1. The molecule has 2 N–H and O–H groups in total. The van der Waals surface area contributed by atoms with Crippen LogP contribution in [0.25, 0.3) is 0 Å². The van der Waals surface area contributed by atoms with E-state index in [1.54, 1.807) is 18.2 Å². The summed E-state index contributed by atoms with van der Waals surface area (Å²) in [5, 5.41) is 12.5. The van der Waals surface area contributed by atoms with E-state index in [1.807, 2.05) is 11.8 Å². The second-order valence-corrected chi connectivity index (χ2v) is 7.85. The molecule has 2 aliphatic rings. The maximum absolute atomic E-state index is 12.8. The summed E-state index contributed by atoms with van der Waals surface area (Å²) < 4.78 is 6.04. The maximum Gasteiger partial charge on any atom is 0.317 e. The van der Waals surface area contributed by atoms with E-state index in [-0.39, 0.29) is 30.6 Å². The third kappa shape index (κ3) is 5.14.